The summed E-state index contributed by atoms with van der Waals surface area (Å²) in [5, 5.41) is 12.9. The number of benzene rings is 1. The van der Waals surface area contributed by atoms with Crippen LogP contribution in [-0.4, -0.2) is 23.4 Å². The first kappa shape index (κ1) is 12.3. The van der Waals surface area contributed by atoms with E-state index >= 15 is 0 Å². The lowest BCUT2D eigenvalue weighted by Gasteiger charge is -2.29. The fraction of sp³-hybridized carbons (Fsp3) is 0.538. The summed E-state index contributed by atoms with van der Waals surface area (Å²) in [6.07, 6.45) is 1.04. The van der Waals surface area contributed by atoms with Gasteiger partial charge in [-0.1, -0.05) is 12.1 Å². The minimum absolute atomic E-state index is 0.112. The predicted octanol–water partition coefficient (Wildman–Crippen LogP) is 2.19. The highest BCUT2D eigenvalue weighted by atomic mass is 19.1. The maximum atomic E-state index is 13.1. The molecular weight excluding hydrogens is 221 g/mol. The molecule has 4 heteroatoms. The number of nitrogens with one attached hydrogen (secondary N) is 1. The Kier molecular flexibility index (Phi) is 3.35. The van der Waals surface area contributed by atoms with E-state index in [2.05, 4.69) is 12.2 Å². The lowest BCUT2D eigenvalue weighted by Crippen LogP contribution is -2.47. The van der Waals surface area contributed by atoms with Gasteiger partial charge in [0.1, 0.15) is 0 Å². The van der Waals surface area contributed by atoms with Gasteiger partial charge in [-0.25, -0.2) is 4.39 Å². The molecule has 1 aliphatic heterocycles. The second-order valence-corrected chi connectivity index (χ2v) is 4.78. The molecule has 0 saturated carbocycles. The fourth-order valence-corrected chi connectivity index (χ4v) is 2.07. The molecule has 2 unspecified atom stereocenters. The molecule has 94 valence electrons. The summed E-state index contributed by atoms with van der Waals surface area (Å²) < 4.78 is 18.7. The summed E-state index contributed by atoms with van der Waals surface area (Å²) in [6.45, 7) is 5.28. The second kappa shape index (κ2) is 4.63. The van der Waals surface area contributed by atoms with Crippen LogP contribution in [0.25, 0.3) is 0 Å². The maximum Gasteiger partial charge on any atom is 0.165 e. The Labute approximate surface area is 101 Å². The normalized spacial score (nSPS) is 28.5. The molecule has 0 aromatic heterocycles. The zero-order valence-corrected chi connectivity index (χ0v) is 10.2. The van der Waals surface area contributed by atoms with Gasteiger partial charge in [0.2, 0.25) is 0 Å². The van der Waals surface area contributed by atoms with E-state index in [1.165, 1.54) is 6.07 Å². The van der Waals surface area contributed by atoms with Crippen molar-refractivity contribution in [2.45, 2.75) is 38.5 Å². The van der Waals surface area contributed by atoms with Crippen LogP contribution < -0.4 is 5.32 Å². The maximum absolute atomic E-state index is 13.1. The lowest BCUT2D eigenvalue weighted by atomic mass is 9.94. The average molecular weight is 239 g/mol. The molecule has 0 radical (unpaired) electrons. The summed E-state index contributed by atoms with van der Waals surface area (Å²) in [5.74, 6) is -0.847. The van der Waals surface area contributed by atoms with Crippen LogP contribution in [-0.2, 0) is 11.3 Å². The Hall–Kier alpha value is -1.13. The van der Waals surface area contributed by atoms with Crippen molar-refractivity contribution in [2.24, 2.45) is 0 Å². The summed E-state index contributed by atoms with van der Waals surface area (Å²) in [5.41, 5.74) is 0.462. The van der Waals surface area contributed by atoms with Gasteiger partial charge in [-0.3, -0.25) is 0 Å². The number of rotatable bonds is 3. The number of halogens is 1. The average Bonchev–Trinajstić information content (AvgIpc) is 2.62. The van der Waals surface area contributed by atoms with E-state index < -0.39 is 5.82 Å². The second-order valence-electron chi connectivity index (χ2n) is 4.78. The van der Waals surface area contributed by atoms with Gasteiger partial charge in [-0.15, -0.1) is 0 Å². The summed E-state index contributed by atoms with van der Waals surface area (Å²) in [6, 6.07) is 4.57. The molecule has 3 nitrogen and oxygen atoms in total. The first-order valence-corrected chi connectivity index (χ1v) is 5.86. The Bertz CT molecular complexity index is 410. The fourth-order valence-electron chi connectivity index (χ4n) is 2.07. The molecule has 0 spiro atoms. The molecule has 1 heterocycles. The molecule has 1 aromatic rings. The van der Waals surface area contributed by atoms with Crippen molar-refractivity contribution in [1.29, 1.82) is 0 Å². The zero-order chi connectivity index (χ0) is 12.5. The van der Waals surface area contributed by atoms with Crippen molar-refractivity contribution < 1.29 is 14.2 Å². The smallest absolute Gasteiger partial charge is 0.165 e. The van der Waals surface area contributed by atoms with E-state index in [0.717, 1.165) is 13.0 Å². The summed E-state index contributed by atoms with van der Waals surface area (Å²) >= 11 is 0. The van der Waals surface area contributed by atoms with Gasteiger partial charge in [0, 0.05) is 24.3 Å². The Morgan fingerprint density at radius 1 is 1.59 bits per heavy atom. The van der Waals surface area contributed by atoms with Crippen molar-refractivity contribution in [2.75, 3.05) is 6.61 Å². The molecule has 0 aliphatic carbocycles. The standard InChI is InChI=1S/C13H18FNO2/c1-9-13(2,6-7-17-9)15-8-10-4-3-5-11(14)12(10)16/h3-5,9,15-16H,6-8H2,1-2H3. The third kappa shape index (κ3) is 2.42. The first-order chi connectivity index (χ1) is 8.03. The van der Waals surface area contributed by atoms with Gasteiger partial charge in [0.25, 0.3) is 0 Å². The number of para-hydroxylation sites is 1. The zero-order valence-electron chi connectivity index (χ0n) is 10.2. The van der Waals surface area contributed by atoms with Crippen LogP contribution in [0.4, 0.5) is 4.39 Å². The molecule has 2 rings (SSSR count). The number of phenolic OH excluding ortho intramolecular Hbond substituents is 1. The van der Waals surface area contributed by atoms with Crippen LogP contribution in [0.3, 0.4) is 0 Å². The quantitative estimate of drug-likeness (QED) is 0.849. The SMILES string of the molecule is CC1OCCC1(C)NCc1cccc(F)c1O. The molecule has 1 fully saturated rings. The van der Waals surface area contributed by atoms with Crippen molar-refractivity contribution in [1.82, 2.24) is 5.32 Å². The van der Waals surface area contributed by atoms with Gasteiger partial charge in [-0.2, -0.15) is 0 Å². The topological polar surface area (TPSA) is 41.5 Å². The number of ether oxygens (including phenoxy) is 1. The van der Waals surface area contributed by atoms with E-state index in [1.807, 2.05) is 6.92 Å². The van der Waals surface area contributed by atoms with Gasteiger partial charge in [0.05, 0.1) is 6.10 Å². The van der Waals surface area contributed by atoms with Gasteiger partial charge < -0.3 is 15.2 Å². The summed E-state index contributed by atoms with van der Waals surface area (Å²) in [4.78, 5) is 0. The number of hydrogen-bond acceptors (Lipinski definition) is 3. The number of phenols is 1. The monoisotopic (exact) mass is 239 g/mol. The van der Waals surface area contributed by atoms with Gasteiger partial charge >= 0.3 is 0 Å². The van der Waals surface area contributed by atoms with Crippen LogP contribution in [0.15, 0.2) is 18.2 Å². The Balaban J connectivity index is 2.05. The highest BCUT2D eigenvalue weighted by Gasteiger charge is 2.36. The highest BCUT2D eigenvalue weighted by molar-refractivity contribution is 5.33. The molecule has 1 aromatic carbocycles. The van der Waals surface area contributed by atoms with Crippen LogP contribution in [0.2, 0.25) is 0 Å². The van der Waals surface area contributed by atoms with Crippen LogP contribution in [0.1, 0.15) is 25.8 Å². The molecular formula is C13H18FNO2. The van der Waals surface area contributed by atoms with Crippen LogP contribution in [0.5, 0.6) is 5.75 Å². The van der Waals surface area contributed by atoms with Crippen molar-refractivity contribution in [3.8, 4) is 5.75 Å². The molecule has 17 heavy (non-hydrogen) atoms. The number of hydrogen-bond donors (Lipinski definition) is 2. The van der Waals surface area contributed by atoms with E-state index in [4.69, 9.17) is 4.74 Å². The minimum atomic E-state index is -0.579. The molecule has 1 saturated heterocycles. The minimum Gasteiger partial charge on any atom is -0.505 e. The first-order valence-electron chi connectivity index (χ1n) is 5.86. The van der Waals surface area contributed by atoms with Crippen LogP contribution in [0, 0.1) is 5.82 Å². The number of aromatic hydroxyl groups is 1. The molecule has 2 atom stereocenters. The van der Waals surface area contributed by atoms with Crippen LogP contribution >= 0.6 is 0 Å². The predicted molar refractivity (Wildman–Crippen MR) is 63.3 cm³/mol. The lowest BCUT2D eigenvalue weighted by molar-refractivity contribution is 0.0880. The Morgan fingerprint density at radius 2 is 2.35 bits per heavy atom. The van der Waals surface area contributed by atoms with Gasteiger partial charge in [-0.05, 0) is 26.3 Å². The molecule has 1 aliphatic rings. The highest BCUT2D eigenvalue weighted by Crippen LogP contribution is 2.27. The molecule has 2 N–H and O–H groups in total. The third-order valence-electron chi connectivity index (χ3n) is 3.64. The van der Waals surface area contributed by atoms with E-state index in [9.17, 15) is 9.50 Å². The van der Waals surface area contributed by atoms with Crippen molar-refractivity contribution >= 4 is 0 Å². The van der Waals surface area contributed by atoms with E-state index in [0.29, 0.717) is 12.1 Å². The molecule has 0 bridgehead atoms. The third-order valence-corrected chi connectivity index (χ3v) is 3.64. The van der Waals surface area contributed by atoms with E-state index in [-0.39, 0.29) is 17.4 Å². The molecule has 0 amide bonds. The Morgan fingerprint density at radius 3 is 3.00 bits per heavy atom. The van der Waals surface area contributed by atoms with E-state index in [1.54, 1.807) is 12.1 Å². The van der Waals surface area contributed by atoms with Crippen molar-refractivity contribution in [3.63, 3.8) is 0 Å². The largest absolute Gasteiger partial charge is 0.505 e. The summed E-state index contributed by atoms with van der Waals surface area (Å²) in [7, 11) is 0. The van der Waals surface area contributed by atoms with Crippen molar-refractivity contribution in [3.05, 3.63) is 29.6 Å². The van der Waals surface area contributed by atoms with Gasteiger partial charge in [0.15, 0.2) is 11.6 Å².